The number of aromatic carboxylic acids is 1. The quantitative estimate of drug-likeness (QED) is 0.702. The first kappa shape index (κ1) is 16.5. The molecule has 0 fully saturated rings. The van der Waals surface area contributed by atoms with Gasteiger partial charge in [-0.3, -0.25) is 0 Å². The maximum atomic E-state index is 10.8. The van der Waals surface area contributed by atoms with Crippen LogP contribution in [0.4, 0.5) is 0 Å². The lowest BCUT2D eigenvalue weighted by Crippen LogP contribution is -2.13. The Hall–Kier alpha value is -1.55. The van der Waals surface area contributed by atoms with Crippen LogP contribution in [0, 0.1) is 5.92 Å². The van der Waals surface area contributed by atoms with Crippen molar-refractivity contribution in [3.05, 3.63) is 29.8 Å². The molecule has 0 radical (unpaired) electrons. The smallest absolute Gasteiger partial charge is 0.335 e. The lowest BCUT2D eigenvalue weighted by molar-refractivity contribution is 0.0447. The Morgan fingerprint density at radius 3 is 2.65 bits per heavy atom. The van der Waals surface area contributed by atoms with Crippen LogP contribution in [-0.2, 0) is 4.74 Å². The fourth-order valence-corrected chi connectivity index (χ4v) is 1.98. The van der Waals surface area contributed by atoms with Crippen LogP contribution >= 0.6 is 0 Å². The van der Waals surface area contributed by atoms with Gasteiger partial charge < -0.3 is 14.6 Å². The van der Waals surface area contributed by atoms with Gasteiger partial charge in [-0.2, -0.15) is 0 Å². The van der Waals surface area contributed by atoms with Crippen molar-refractivity contribution in [1.29, 1.82) is 0 Å². The van der Waals surface area contributed by atoms with Crippen LogP contribution in [0.25, 0.3) is 0 Å². The van der Waals surface area contributed by atoms with Gasteiger partial charge in [0.15, 0.2) is 0 Å². The Morgan fingerprint density at radius 1 is 1.25 bits per heavy atom. The third kappa shape index (κ3) is 6.57. The average molecular weight is 280 g/mol. The van der Waals surface area contributed by atoms with Crippen LogP contribution in [0.1, 0.15) is 44.0 Å². The zero-order valence-electron chi connectivity index (χ0n) is 12.5. The van der Waals surface area contributed by atoms with E-state index in [2.05, 4.69) is 20.8 Å². The van der Waals surface area contributed by atoms with Crippen LogP contribution in [0.5, 0.6) is 5.75 Å². The minimum Gasteiger partial charge on any atom is -0.493 e. The number of rotatable bonds is 9. The van der Waals surface area contributed by atoms with Crippen LogP contribution in [-0.4, -0.2) is 30.4 Å². The minimum absolute atomic E-state index is 0.240. The highest BCUT2D eigenvalue weighted by atomic mass is 16.5. The van der Waals surface area contributed by atoms with Crippen molar-refractivity contribution in [2.24, 2.45) is 5.92 Å². The molecule has 0 saturated heterocycles. The van der Waals surface area contributed by atoms with Crippen molar-refractivity contribution in [1.82, 2.24) is 0 Å². The Balaban J connectivity index is 2.21. The molecule has 4 heteroatoms. The van der Waals surface area contributed by atoms with Gasteiger partial charge in [0.2, 0.25) is 0 Å². The molecule has 0 aliphatic rings. The van der Waals surface area contributed by atoms with Crippen LogP contribution in [0.2, 0.25) is 0 Å². The number of benzene rings is 1. The summed E-state index contributed by atoms with van der Waals surface area (Å²) in [4.78, 5) is 10.8. The Kier molecular flexibility index (Phi) is 7.09. The van der Waals surface area contributed by atoms with E-state index in [0.717, 1.165) is 12.8 Å². The van der Waals surface area contributed by atoms with E-state index >= 15 is 0 Å². The minimum atomic E-state index is -0.943. The second-order valence-corrected chi connectivity index (χ2v) is 5.35. The number of ether oxygens (including phenoxy) is 2. The summed E-state index contributed by atoms with van der Waals surface area (Å²) in [6.07, 6.45) is 2.12. The van der Waals surface area contributed by atoms with Crippen molar-refractivity contribution < 1.29 is 19.4 Å². The van der Waals surface area contributed by atoms with E-state index in [1.165, 1.54) is 6.07 Å². The first-order chi connectivity index (χ1) is 9.49. The molecule has 0 aliphatic heterocycles. The average Bonchev–Trinajstić information content (AvgIpc) is 2.37. The summed E-state index contributed by atoms with van der Waals surface area (Å²) < 4.78 is 11.2. The summed E-state index contributed by atoms with van der Waals surface area (Å²) >= 11 is 0. The molecule has 0 bridgehead atoms. The van der Waals surface area contributed by atoms with Crippen molar-refractivity contribution in [3.8, 4) is 5.75 Å². The van der Waals surface area contributed by atoms with Crippen molar-refractivity contribution in [2.75, 3.05) is 13.2 Å². The lowest BCUT2D eigenvalue weighted by Gasteiger charge is -2.15. The van der Waals surface area contributed by atoms with Gasteiger partial charge in [-0.1, -0.05) is 19.9 Å². The van der Waals surface area contributed by atoms with Crippen molar-refractivity contribution >= 4 is 5.97 Å². The van der Waals surface area contributed by atoms with Crippen molar-refractivity contribution in [2.45, 2.75) is 39.7 Å². The molecular formula is C16H24O4. The largest absolute Gasteiger partial charge is 0.493 e. The predicted octanol–water partition coefficient (Wildman–Crippen LogP) is 3.60. The Labute approximate surface area is 120 Å². The van der Waals surface area contributed by atoms with Gasteiger partial charge >= 0.3 is 5.97 Å². The van der Waals surface area contributed by atoms with E-state index in [9.17, 15) is 4.79 Å². The normalized spacial score (nSPS) is 12.4. The van der Waals surface area contributed by atoms with Gasteiger partial charge in [-0.15, -0.1) is 0 Å². The molecule has 0 aliphatic carbocycles. The first-order valence-corrected chi connectivity index (χ1v) is 7.06. The highest BCUT2D eigenvalue weighted by molar-refractivity contribution is 5.87. The molecule has 20 heavy (non-hydrogen) atoms. The molecule has 1 rings (SSSR count). The second-order valence-electron chi connectivity index (χ2n) is 5.35. The molecule has 0 amide bonds. The van der Waals surface area contributed by atoms with Crippen LogP contribution < -0.4 is 4.74 Å². The summed E-state index contributed by atoms with van der Waals surface area (Å²) in [5, 5.41) is 8.88. The number of carbonyl (C=O) groups is 1. The Morgan fingerprint density at radius 2 is 2.00 bits per heavy atom. The highest BCUT2D eigenvalue weighted by Gasteiger charge is 2.05. The standard InChI is InChI=1S/C16H24O4/c1-12(2)10-13(3)19-8-5-9-20-15-7-4-6-14(11-15)16(17)18/h4,6-7,11-13H,5,8-10H2,1-3H3,(H,17,18). The number of carboxylic acid groups (broad SMARTS) is 1. The summed E-state index contributed by atoms with van der Waals surface area (Å²) in [6, 6.07) is 6.52. The number of hydrogen-bond donors (Lipinski definition) is 1. The Bertz CT molecular complexity index is 415. The molecule has 0 heterocycles. The molecule has 0 spiro atoms. The lowest BCUT2D eigenvalue weighted by atomic mass is 10.1. The van der Waals surface area contributed by atoms with Gasteiger partial charge in [0, 0.05) is 6.42 Å². The molecule has 4 nitrogen and oxygen atoms in total. The fourth-order valence-electron chi connectivity index (χ4n) is 1.98. The van der Waals surface area contributed by atoms with E-state index in [1.807, 2.05) is 0 Å². The van der Waals surface area contributed by atoms with E-state index in [4.69, 9.17) is 14.6 Å². The van der Waals surface area contributed by atoms with Crippen molar-refractivity contribution in [3.63, 3.8) is 0 Å². The van der Waals surface area contributed by atoms with Gasteiger partial charge in [0.05, 0.1) is 24.9 Å². The molecule has 112 valence electrons. The molecule has 0 saturated carbocycles. The summed E-state index contributed by atoms with van der Waals surface area (Å²) in [5.41, 5.74) is 0.240. The number of hydrogen-bond acceptors (Lipinski definition) is 3. The molecule has 1 atom stereocenters. The van der Waals surface area contributed by atoms with Gasteiger partial charge in [-0.05, 0) is 37.5 Å². The summed E-state index contributed by atoms with van der Waals surface area (Å²) in [6.45, 7) is 7.62. The third-order valence-electron chi connectivity index (χ3n) is 2.84. The molecule has 1 aromatic rings. The first-order valence-electron chi connectivity index (χ1n) is 7.06. The van der Waals surface area contributed by atoms with Gasteiger partial charge in [-0.25, -0.2) is 4.79 Å². The monoisotopic (exact) mass is 280 g/mol. The van der Waals surface area contributed by atoms with Gasteiger partial charge in [0.25, 0.3) is 0 Å². The van der Waals surface area contributed by atoms with E-state index in [0.29, 0.717) is 24.9 Å². The predicted molar refractivity (Wildman–Crippen MR) is 78.4 cm³/mol. The molecule has 1 unspecified atom stereocenters. The van der Waals surface area contributed by atoms with E-state index in [1.54, 1.807) is 18.2 Å². The fraction of sp³-hybridized carbons (Fsp3) is 0.562. The van der Waals surface area contributed by atoms with Gasteiger partial charge in [0.1, 0.15) is 5.75 Å². The molecular weight excluding hydrogens is 256 g/mol. The topological polar surface area (TPSA) is 55.8 Å². The maximum Gasteiger partial charge on any atom is 0.335 e. The SMILES string of the molecule is CC(C)CC(C)OCCCOc1cccc(C(=O)O)c1. The zero-order valence-corrected chi connectivity index (χ0v) is 12.5. The van der Waals surface area contributed by atoms with Crippen LogP contribution in [0.15, 0.2) is 24.3 Å². The summed E-state index contributed by atoms with van der Waals surface area (Å²) in [7, 11) is 0. The maximum absolute atomic E-state index is 10.8. The highest BCUT2D eigenvalue weighted by Crippen LogP contribution is 2.13. The van der Waals surface area contributed by atoms with Crippen LogP contribution in [0.3, 0.4) is 0 Å². The second kappa shape index (κ2) is 8.59. The molecule has 0 aromatic heterocycles. The molecule has 1 N–H and O–H groups in total. The van der Waals surface area contributed by atoms with E-state index < -0.39 is 5.97 Å². The summed E-state index contributed by atoms with van der Waals surface area (Å²) in [5.74, 6) is 0.279. The van der Waals surface area contributed by atoms with E-state index in [-0.39, 0.29) is 11.7 Å². The molecule has 1 aromatic carbocycles. The zero-order chi connectivity index (χ0) is 15.0. The number of carboxylic acids is 1. The third-order valence-corrected chi connectivity index (χ3v) is 2.84.